The van der Waals surface area contributed by atoms with E-state index in [0.29, 0.717) is 12.3 Å². The number of hydrogen-bond donors (Lipinski definition) is 2. The first kappa shape index (κ1) is 21.3. The zero-order chi connectivity index (χ0) is 21.8. The van der Waals surface area contributed by atoms with E-state index < -0.39 is 11.0 Å². The molecule has 1 aromatic carbocycles. The Hall–Kier alpha value is -2.91. The Labute approximate surface area is 184 Å². The fourth-order valence-electron chi connectivity index (χ4n) is 3.80. The maximum absolute atomic E-state index is 12.0. The first-order valence-electron chi connectivity index (χ1n) is 10.6. The van der Waals surface area contributed by atoms with Gasteiger partial charge in [0.2, 0.25) is 0 Å². The Balaban J connectivity index is 1.52. The summed E-state index contributed by atoms with van der Waals surface area (Å²) < 4.78 is 16.1. The van der Waals surface area contributed by atoms with Crippen molar-refractivity contribution >= 4 is 34.0 Å². The van der Waals surface area contributed by atoms with Crippen LogP contribution in [0.25, 0.3) is 16.9 Å². The number of piperazine rings is 1. The molecule has 8 nitrogen and oxygen atoms in total. The first-order valence-corrected chi connectivity index (χ1v) is 11.9. The summed E-state index contributed by atoms with van der Waals surface area (Å²) in [6.07, 6.45) is 3.89. The van der Waals surface area contributed by atoms with Crippen LogP contribution in [-0.2, 0) is 11.0 Å². The predicted octanol–water partition coefficient (Wildman–Crippen LogP) is 2.95. The zero-order valence-corrected chi connectivity index (χ0v) is 18.7. The van der Waals surface area contributed by atoms with E-state index in [1.54, 1.807) is 0 Å². The number of urea groups is 1. The maximum atomic E-state index is 12.0. The molecule has 0 radical (unpaired) electrons. The molecule has 2 amide bonds. The van der Waals surface area contributed by atoms with Crippen LogP contribution in [0, 0.1) is 0 Å². The van der Waals surface area contributed by atoms with E-state index in [2.05, 4.69) is 37.1 Å². The van der Waals surface area contributed by atoms with Gasteiger partial charge in [-0.2, -0.15) is 0 Å². The second kappa shape index (κ2) is 9.49. The molecule has 0 aliphatic carbocycles. The second-order valence-electron chi connectivity index (χ2n) is 7.35. The van der Waals surface area contributed by atoms with Gasteiger partial charge in [0.1, 0.15) is 5.65 Å². The fraction of sp³-hybridized carbons (Fsp3) is 0.364. The van der Waals surface area contributed by atoms with Crippen molar-refractivity contribution in [3.05, 3.63) is 48.8 Å². The Morgan fingerprint density at radius 2 is 1.94 bits per heavy atom. The largest absolute Gasteiger partial charge is 0.369 e. The van der Waals surface area contributed by atoms with Crippen molar-refractivity contribution < 1.29 is 9.00 Å². The van der Waals surface area contributed by atoms with Crippen molar-refractivity contribution in [3.63, 3.8) is 0 Å². The van der Waals surface area contributed by atoms with E-state index in [1.807, 2.05) is 54.8 Å². The minimum Gasteiger partial charge on any atom is -0.369 e. The SMILES string of the molecule is CCNC(=O)Nc1cccc(-c2cnc3cc(N4CCN(S(=O)CC)CC4)ccn23)c1. The summed E-state index contributed by atoms with van der Waals surface area (Å²) in [5.74, 6) is 0.669. The fourth-order valence-corrected chi connectivity index (χ4v) is 4.74. The molecule has 1 saturated heterocycles. The lowest BCUT2D eigenvalue weighted by atomic mass is 10.1. The molecular weight excluding hydrogens is 412 g/mol. The summed E-state index contributed by atoms with van der Waals surface area (Å²) in [6.45, 7) is 7.72. The molecule has 0 saturated carbocycles. The molecule has 1 atom stereocenters. The molecule has 9 heteroatoms. The van der Waals surface area contributed by atoms with Crippen molar-refractivity contribution in [2.24, 2.45) is 0 Å². The smallest absolute Gasteiger partial charge is 0.319 e. The molecule has 0 spiro atoms. The first-order chi connectivity index (χ1) is 15.1. The van der Waals surface area contributed by atoms with Gasteiger partial charge in [-0.1, -0.05) is 19.1 Å². The molecule has 0 bridgehead atoms. The normalized spacial score (nSPS) is 15.7. The molecular formula is C22H28N6O2S. The molecule has 1 fully saturated rings. The van der Waals surface area contributed by atoms with Crippen LogP contribution in [0.1, 0.15) is 13.8 Å². The van der Waals surface area contributed by atoms with Gasteiger partial charge in [0.05, 0.1) is 22.9 Å². The number of nitrogens with one attached hydrogen (secondary N) is 2. The van der Waals surface area contributed by atoms with E-state index in [9.17, 15) is 9.00 Å². The van der Waals surface area contributed by atoms with Crippen LogP contribution < -0.4 is 15.5 Å². The number of anilines is 2. The third-order valence-electron chi connectivity index (χ3n) is 5.39. The van der Waals surface area contributed by atoms with Gasteiger partial charge in [-0.05, 0) is 25.1 Å². The van der Waals surface area contributed by atoms with Gasteiger partial charge in [-0.3, -0.25) is 4.40 Å². The summed E-state index contributed by atoms with van der Waals surface area (Å²) >= 11 is 0. The number of benzene rings is 1. The number of nitrogens with zero attached hydrogens (tertiary/aromatic N) is 4. The zero-order valence-electron chi connectivity index (χ0n) is 17.9. The molecule has 2 aromatic heterocycles. The molecule has 1 unspecified atom stereocenters. The predicted molar refractivity (Wildman–Crippen MR) is 126 cm³/mol. The highest BCUT2D eigenvalue weighted by molar-refractivity contribution is 7.82. The van der Waals surface area contributed by atoms with E-state index in [1.165, 1.54) is 0 Å². The van der Waals surface area contributed by atoms with Crippen LogP contribution in [0.15, 0.2) is 48.8 Å². The highest BCUT2D eigenvalue weighted by atomic mass is 32.2. The van der Waals surface area contributed by atoms with Crippen LogP contribution in [-0.4, -0.2) is 62.4 Å². The quantitative estimate of drug-likeness (QED) is 0.618. The Morgan fingerprint density at radius 3 is 2.68 bits per heavy atom. The lowest BCUT2D eigenvalue weighted by molar-refractivity contribution is 0.252. The van der Waals surface area contributed by atoms with Crippen LogP contribution in [0.3, 0.4) is 0 Å². The summed E-state index contributed by atoms with van der Waals surface area (Å²) in [6, 6.07) is 11.7. The van der Waals surface area contributed by atoms with Crippen molar-refractivity contribution in [1.29, 1.82) is 0 Å². The summed E-state index contributed by atoms with van der Waals surface area (Å²) in [7, 11) is -0.872. The van der Waals surface area contributed by atoms with Gasteiger partial charge in [0.25, 0.3) is 0 Å². The summed E-state index contributed by atoms with van der Waals surface area (Å²) in [4.78, 5) is 18.7. The van der Waals surface area contributed by atoms with E-state index >= 15 is 0 Å². The van der Waals surface area contributed by atoms with E-state index in [-0.39, 0.29) is 6.03 Å². The van der Waals surface area contributed by atoms with Gasteiger partial charge in [-0.25, -0.2) is 18.3 Å². The number of fused-ring (bicyclic) bond motifs is 1. The van der Waals surface area contributed by atoms with Gasteiger partial charge in [-0.15, -0.1) is 0 Å². The lowest BCUT2D eigenvalue weighted by Crippen LogP contribution is -2.47. The van der Waals surface area contributed by atoms with Crippen LogP contribution in [0.4, 0.5) is 16.2 Å². The average Bonchev–Trinajstić information content (AvgIpc) is 3.22. The number of rotatable bonds is 6. The topological polar surface area (TPSA) is 82.0 Å². The molecule has 164 valence electrons. The van der Waals surface area contributed by atoms with Crippen molar-refractivity contribution in [2.45, 2.75) is 13.8 Å². The number of pyridine rings is 1. The van der Waals surface area contributed by atoms with Gasteiger partial charge >= 0.3 is 6.03 Å². The summed E-state index contributed by atoms with van der Waals surface area (Å²) in [5.41, 5.74) is 4.67. The molecule has 3 aromatic rings. The monoisotopic (exact) mass is 440 g/mol. The van der Waals surface area contributed by atoms with E-state index in [0.717, 1.165) is 54.5 Å². The number of hydrogen-bond acceptors (Lipinski definition) is 4. The molecule has 2 N–H and O–H groups in total. The van der Waals surface area contributed by atoms with E-state index in [4.69, 9.17) is 0 Å². The minimum absolute atomic E-state index is 0.217. The average molecular weight is 441 g/mol. The molecule has 3 heterocycles. The number of amides is 2. The Bertz CT molecular complexity index is 1090. The van der Waals surface area contributed by atoms with Gasteiger partial charge in [0, 0.05) is 67.7 Å². The van der Waals surface area contributed by atoms with Crippen molar-refractivity contribution in [1.82, 2.24) is 19.0 Å². The highest BCUT2D eigenvalue weighted by Gasteiger charge is 2.21. The molecule has 4 rings (SSSR count). The van der Waals surface area contributed by atoms with Crippen molar-refractivity contribution in [2.75, 3.05) is 48.7 Å². The standard InChI is InChI=1S/C22H28N6O2S/c1-3-23-22(29)25-18-7-5-6-17(14-18)20-16-24-21-15-19(8-9-28(20)21)26-10-12-27(13-11-26)31(30)4-2/h5-9,14-16H,3-4,10-13H2,1-2H3,(H2,23,25,29). The minimum atomic E-state index is -0.872. The van der Waals surface area contributed by atoms with Crippen molar-refractivity contribution in [3.8, 4) is 11.3 Å². The number of carbonyl (C=O) groups is 1. The molecule has 1 aliphatic rings. The summed E-state index contributed by atoms with van der Waals surface area (Å²) in [5, 5.41) is 5.58. The highest BCUT2D eigenvalue weighted by Crippen LogP contribution is 2.26. The third-order valence-corrected chi connectivity index (χ3v) is 6.82. The van der Waals surface area contributed by atoms with Gasteiger partial charge in [0.15, 0.2) is 0 Å². The molecule has 1 aliphatic heterocycles. The molecule has 31 heavy (non-hydrogen) atoms. The second-order valence-corrected chi connectivity index (χ2v) is 9.08. The Kier molecular flexibility index (Phi) is 6.53. The van der Waals surface area contributed by atoms with Crippen LogP contribution >= 0.6 is 0 Å². The third kappa shape index (κ3) is 4.72. The number of carbonyl (C=O) groups excluding carboxylic acids is 1. The van der Waals surface area contributed by atoms with Crippen LogP contribution in [0.5, 0.6) is 0 Å². The number of imidazole rings is 1. The van der Waals surface area contributed by atoms with Gasteiger partial charge < -0.3 is 15.5 Å². The van der Waals surface area contributed by atoms with Crippen LogP contribution in [0.2, 0.25) is 0 Å². The Morgan fingerprint density at radius 1 is 1.13 bits per heavy atom. The maximum Gasteiger partial charge on any atom is 0.319 e. The number of aromatic nitrogens is 2. The lowest BCUT2D eigenvalue weighted by Gasteiger charge is -2.35.